The molecule has 42 heavy (non-hydrogen) atoms. The Morgan fingerprint density at radius 2 is 1.69 bits per heavy atom. The van der Waals surface area contributed by atoms with Crippen molar-refractivity contribution in [2.24, 2.45) is 5.10 Å². The highest BCUT2D eigenvalue weighted by Crippen LogP contribution is 2.32. The molecule has 0 spiro atoms. The maximum absolute atomic E-state index is 12.8. The summed E-state index contributed by atoms with van der Waals surface area (Å²) in [4.78, 5) is 12.8. The van der Waals surface area contributed by atoms with Gasteiger partial charge in [0.05, 0.1) is 16.4 Å². The summed E-state index contributed by atoms with van der Waals surface area (Å²) < 4.78 is 9.16. The first kappa shape index (κ1) is 28.8. The number of carbonyl (C=O) groups excluding carboxylic acids is 1. The summed E-state index contributed by atoms with van der Waals surface area (Å²) in [5, 5.41) is 4.21. The van der Waals surface area contributed by atoms with E-state index in [-0.39, 0.29) is 5.91 Å². The van der Waals surface area contributed by atoms with Crippen molar-refractivity contribution >= 4 is 28.1 Å². The van der Waals surface area contributed by atoms with Gasteiger partial charge < -0.3 is 9.30 Å². The van der Waals surface area contributed by atoms with Crippen molar-refractivity contribution in [3.05, 3.63) is 154 Å². The fourth-order valence-corrected chi connectivity index (χ4v) is 5.40. The van der Waals surface area contributed by atoms with E-state index in [4.69, 9.17) is 4.74 Å². The molecule has 0 saturated heterocycles. The predicted molar refractivity (Wildman–Crippen MR) is 175 cm³/mol. The highest BCUT2D eigenvalue weighted by atomic mass is 79.9. The van der Waals surface area contributed by atoms with Gasteiger partial charge in [-0.05, 0) is 107 Å². The fourth-order valence-electron chi connectivity index (χ4n) is 4.76. The summed E-state index contributed by atoms with van der Waals surface area (Å²) >= 11 is 3.65. The van der Waals surface area contributed by atoms with Gasteiger partial charge >= 0.3 is 0 Å². The normalized spacial score (nSPS) is 11.0. The van der Waals surface area contributed by atoms with Crippen molar-refractivity contribution in [1.29, 1.82) is 0 Å². The van der Waals surface area contributed by atoms with E-state index in [9.17, 15) is 4.79 Å². The minimum atomic E-state index is -0.284. The van der Waals surface area contributed by atoms with Crippen LogP contribution in [0.15, 0.2) is 125 Å². The van der Waals surface area contributed by atoms with E-state index in [1.165, 1.54) is 5.56 Å². The van der Waals surface area contributed by atoms with E-state index in [1.54, 1.807) is 6.21 Å². The topological polar surface area (TPSA) is 55.6 Å². The number of amides is 1. The first-order valence-corrected chi connectivity index (χ1v) is 14.5. The zero-order chi connectivity index (χ0) is 29.5. The number of halogens is 1. The first-order valence-electron chi connectivity index (χ1n) is 13.7. The number of hydrogen-bond donors (Lipinski definition) is 1. The van der Waals surface area contributed by atoms with Crippen molar-refractivity contribution < 1.29 is 9.53 Å². The highest BCUT2D eigenvalue weighted by molar-refractivity contribution is 9.10. The van der Waals surface area contributed by atoms with Crippen LogP contribution in [0, 0.1) is 13.8 Å². The largest absolute Gasteiger partial charge is 0.487 e. The number of nitrogens with zero attached hydrogens (tertiary/aromatic N) is 2. The number of benzene rings is 4. The lowest BCUT2D eigenvalue weighted by Crippen LogP contribution is -2.17. The molecule has 1 heterocycles. The number of hydrazone groups is 1. The smallest absolute Gasteiger partial charge is 0.271 e. The molecule has 5 nitrogen and oxygen atoms in total. The van der Waals surface area contributed by atoms with Crippen LogP contribution >= 0.6 is 15.9 Å². The molecule has 1 N–H and O–H groups in total. The fraction of sp³-hybridized carbons (Fsp3) is 0.111. The molecule has 0 aliphatic heterocycles. The van der Waals surface area contributed by atoms with Gasteiger partial charge in [-0.1, -0.05) is 66.2 Å². The third-order valence-electron chi connectivity index (χ3n) is 6.92. The standard InChI is InChI=1S/C36H32BrN3O2/c1-4-8-31-21-28(22-33(37)35(31)42-24-27-14-11-25(2)12-15-27)23-38-39-36(41)30-16-18-32(19-17-30)40-26(3)13-20-34(40)29-9-6-5-7-10-29/h4-7,9-23H,1,8,24H2,2-3H3,(H,39,41)/b38-23+. The lowest BCUT2D eigenvalue weighted by atomic mass is 10.1. The number of allylic oxidation sites excluding steroid dienone is 1. The van der Waals surface area contributed by atoms with E-state index >= 15 is 0 Å². The van der Waals surface area contributed by atoms with Gasteiger partial charge in [0.1, 0.15) is 12.4 Å². The minimum Gasteiger partial charge on any atom is -0.487 e. The molecule has 0 aliphatic rings. The van der Waals surface area contributed by atoms with Crippen LogP contribution in [0.1, 0.15) is 38.3 Å². The number of carbonyl (C=O) groups is 1. The molecule has 0 bridgehead atoms. The van der Waals surface area contributed by atoms with Crippen molar-refractivity contribution in [3.8, 4) is 22.7 Å². The van der Waals surface area contributed by atoms with Crippen LogP contribution in [0.2, 0.25) is 0 Å². The van der Waals surface area contributed by atoms with Crippen LogP contribution < -0.4 is 10.2 Å². The molecule has 0 radical (unpaired) electrons. The molecular formula is C36H32BrN3O2. The second kappa shape index (κ2) is 13.3. The average molecular weight is 619 g/mol. The Hall–Kier alpha value is -4.68. The second-order valence-electron chi connectivity index (χ2n) is 10.1. The molecule has 0 saturated carbocycles. The number of nitrogens with one attached hydrogen (secondary N) is 1. The predicted octanol–water partition coefficient (Wildman–Crippen LogP) is 8.60. The Labute approximate surface area is 255 Å². The quantitative estimate of drug-likeness (QED) is 0.0969. The summed E-state index contributed by atoms with van der Waals surface area (Å²) in [5.41, 5.74) is 11.6. The van der Waals surface area contributed by atoms with Gasteiger partial charge in [0, 0.05) is 16.9 Å². The lowest BCUT2D eigenvalue weighted by molar-refractivity contribution is 0.0955. The van der Waals surface area contributed by atoms with Crippen LogP contribution in [-0.4, -0.2) is 16.7 Å². The maximum Gasteiger partial charge on any atom is 0.271 e. The summed E-state index contributed by atoms with van der Waals surface area (Å²) in [7, 11) is 0. The molecule has 5 aromatic rings. The number of ether oxygens (including phenoxy) is 1. The maximum atomic E-state index is 12.8. The summed E-state index contributed by atoms with van der Waals surface area (Å²) in [6, 6.07) is 34.2. The van der Waals surface area contributed by atoms with Crippen LogP contribution in [0.25, 0.3) is 16.9 Å². The van der Waals surface area contributed by atoms with Crippen LogP contribution in [0.5, 0.6) is 5.75 Å². The molecule has 0 atom stereocenters. The molecule has 0 aliphatic carbocycles. The van der Waals surface area contributed by atoms with Crippen LogP contribution in [-0.2, 0) is 13.0 Å². The second-order valence-corrected chi connectivity index (χ2v) is 10.9. The Kier molecular flexibility index (Phi) is 9.15. The van der Waals surface area contributed by atoms with Gasteiger partial charge in [-0.15, -0.1) is 6.58 Å². The van der Waals surface area contributed by atoms with E-state index < -0.39 is 0 Å². The zero-order valence-corrected chi connectivity index (χ0v) is 25.3. The van der Waals surface area contributed by atoms with Crippen molar-refractivity contribution in [1.82, 2.24) is 9.99 Å². The van der Waals surface area contributed by atoms with Crippen molar-refractivity contribution in [2.75, 3.05) is 0 Å². The summed E-state index contributed by atoms with van der Waals surface area (Å²) in [5.74, 6) is 0.485. The highest BCUT2D eigenvalue weighted by Gasteiger charge is 2.12. The molecule has 1 amide bonds. The zero-order valence-electron chi connectivity index (χ0n) is 23.7. The lowest BCUT2D eigenvalue weighted by Gasteiger charge is -2.14. The SMILES string of the molecule is C=CCc1cc(/C=N/NC(=O)c2ccc(-n3c(C)ccc3-c3ccccc3)cc2)cc(Br)c1OCc1ccc(C)cc1. The van der Waals surface area contributed by atoms with Gasteiger partial charge in [0.25, 0.3) is 5.91 Å². The summed E-state index contributed by atoms with van der Waals surface area (Å²) in [6.07, 6.45) is 4.10. The molecule has 210 valence electrons. The number of aromatic nitrogens is 1. The van der Waals surface area contributed by atoms with E-state index in [0.717, 1.165) is 49.6 Å². The molecule has 6 heteroatoms. The van der Waals surface area contributed by atoms with Gasteiger partial charge in [-0.25, -0.2) is 5.43 Å². The van der Waals surface area contributed by atoms with Gasteiger partial charge in [0.2, 0.25) is 0 Å². The van der Waals surface area contributed by atoms with E-state index in [0.29, 0.717) is 18.6 Å². The molecule has 5 rings (SSSR count). The molecule has 0 fully saturated rings. The van der Waals surface area contributed by atoms with Crippen molar-refractivity contribution in [2.45, 2.75) is 26.9 Å². The monoisotopic (exact) mass is 617 g/mol. The summed E-state index contributed by atoms with van der Waals surface area (Å²) in [6.45, 7) is 8.49. The number of aryl methyl sites for hydroxylation is 2. The average Bonchev–Trinajstić information content (AvgIpc) is 3.39. The molecular weight excluding hydrogens is 586 g/mol. The van der Waals surface area contributed by atoms with Crippen LogP contribution in [0.3, 0.4) is 0 Å². The minimum absolute atomic E-state index is 0.284. The third kappa shape index (κ3) is 6.78. The van der Waals surface area contributed by atoms with E-state index in [2.05, 4.69) is 100.0 Å². The molecule has 4 aromatic carbocycles. The van der Waals surface area contributed by atoms with Crippen molar-refractivity contribution in [3.63, 3.8) is 0 Å². The Balaban J connectivity index is 1.26. The first-order chi connectivity index (χ1) is 20.4. The van der Waals surface area contributed by atoms with Gasteiger partial charge in [-0.2, -0.15) is 5.10 Å². The molecule has 1 aromatic heterocycles. The Morgan fingerprint density at radius 1 is 0.952 bits per heavy atom. The van der Waals surface area contributed by atoms with Crippen LogP contribution in [0.4, 0.5) is 0 Å². The van der Waals surface area contributed by atoms with Gasteiger partial charge in [-0.3, -0.25) is 4.79 Å². The third-order valence-corrected chi connectivity index (χ3v) is 7.51. The Morgan fingerprint density at radius 3 is 2.40 bits per heavy atom. The van der Waals surface area contributed by atoms with Gasteiger partial charge in [0.15, 0.2) is 0 Å². The number of rotatable bonds is 10. The Bertz CT molecular complexity index is 1720. The molecule has 0 unspecified atom stereocenters. The van der Waals surface area contributed by atoms with E-state index in [1.807, 2.05) is 60.7 Å². The number of hydrogen-bond acceptors (Lipinski definition) is 3.